The minimum Gasteiger partial charge on any atom is -0.212 e. The van der Waals surface area contributed by atoms with Crippen LogP contribution in [-0.4, -0.2) is 8.42 Å². The van der Waals surface area contributed by atoms with Crippen LogP contribution in [-0.2, 0) is 14.8 Å². The first-order valence-electron chi connectivity index (χ1n) is 6.76. The van der Waals surface area contributed by atoms with E-state index in [1.54, 1.807) is 0 Å². The molecule has 1 aromatic carbocycles. The first kappa shape index (κ1) is 14.9. The van der Waals surface area contributed by atoms with Gasteiger partial charge in [0.25, 0.3) is 0 Å². The molecular formula is C15H21ClO2S. The highest BCUT2D eigenvalue weighted by molar-refractivity contribution is 8.13. The smallest absolute Gasteiger partial charge is 0.212 e. The molecule has 1 aliphatic rings. The SMILES string of the molecule is CC1(C)CCCC(c2cccc(CS(=O)(=O)Cl)c2)C1. The summed E-state index contributed by atoms with van der Waals surface area (Å²) in [6, 6.07) is 7.88. The Hall–Kier alpha value is -0.540. The largest absolute Gasteiger partial charge is 0.236 e. The summed E-state index contributed by atoms with van der Waals surface area (Å²) >= 11 is 0. The second-order valence-electron chi connectivity index (χ2n) is 6.39. The lowest BCUT2D eigenvalue weighted by atomic mass is 9.70. The van der Waals surface area contributed by atoms with Crippen LogP contribution in [0.4, 0.5) is 0 Å². The van der Waals surface area contributed by atoms with Gasteiger partial charge in [0, 0.05) is 10.7 Å². The molecule has 1 saturated carbocycles. The molecular weight excluding hydrogens is 280 g/mol. The van der Waals surface area contributed by atoms with E-state index in [1.165, 1.54) is 31.2 Å². The molecule has 1 aliphatic carbocycles. The average Bonchev–Trinajstić information content (AvgIpc) is 2.25. The van der Waals surface area contributed by atoms with Crippen LogP contribution in [0, 0.1) is 5.41 Å². The Labute approximate surface area is 120 Å². The quantitative estimate of drug-likeness (QED) is 0.773. The average molecular weight is 301 g/mol. The van der Waals surface area contributed by atoms with Crippen LogP contribution in [0.2, 0.25) is 0 Å². The molecule has 4 heteroatoms. The molecule has 0 N–H and O–H groups in total. The van der Waals surface area contributed by atoms with Gasteiger partial charge in [0.15, 0.2) is 0 Å². The third kappa shape index (κ3) is 4.50. The summed E-state index contributed by atoms with van der Waals surface area (Å²) in [5.41, 5.74) is 2.43. The normalized spacial score (nSPS) is 23.2. The topological polar surface area (TPSA) is 34.1 Å². The Morgan fingerprint density at radius 2 is 2.11 bits per heavy atom. The summed E-state index contributed by atoms with van der Waals surface area (Å²) in [6.45, 7) is 4.62. The standard InChI is InChI=1S/C15H21ClO2S/c1-15(2)8-4-7-14(10-15)13-6-3-5-12(9-13)11-19(16,17)18/h3,5-6,9,14H,4,7-8,10-11H2,1-2H3. The first-order chi connectivity index (χ1) is 8.75. The fraction of sp³-hybridized carbons (Fsp3) is 0.600. The van der Waals surface area contributed by atoms with Gasteiger partial charge in [0.05, 0.1) is 5.75 Å². The van der Waals surface area contributed by atoms with Crippen LogP contribution >= 0.6 is 10.7 Å². The number of halogens is 1. The van der Waals surface area contributed by atoms with Gasteiger partial charge >= 0.3 is 0 Å². The fourth-order valence-electron chi connectivity index (χ4n) is 3.12. The molecule has 1 atom stereocenters. The van der Waals surface area contributed by atoms with Crippen molar-refractivity contribution in [3.05, 3.63) is 35.4 Å². The highest BCUT2D eigenvalue weighted by atomic mass is 35.7. The molecule has 0 spiro atoms. The van der Waals surface area contributed by atoms with E-state index < -0.39 is 9.05 Å². The molecule has 1 fully saturated rings. The van der Waals surface area contributed by atoms with Crippen molar-refractivity contribution in [3.8, 4) is 0 Å². The molecule has 2 nitrogen and oxygen atoms in total. The molecule has 2 rings (SSSR count). The van der Waals surface area contributed by atoms with Crippen LogP contribution in [0.3, 0.4) is 0 Å². The minimum atomic E-state index is -3.48. The molecule has 19 heavy (non-hydrogen) atoms. The Bertz CT molecular complexity index is 549. The van der Waals surface area contributed by atoms with Crippen molar-refractivity contribution in [2.75, 3.05) is 0 Å². The van der Waals surface area contributed by atoms with Crippen molar-refractivity contribution >= 4 is 19.7 Å². The first-order valence-corrected chi connectivity index (χ1v) is 9.24. The number of rotatable bonds is 3. The Morgan fingerprint density at radius 3 is 2.74 bits per heavy atom. The van der Waals surface area contributed by atoms with Gasteiger partial charge in [-0.3, -0.25) is 0 Å². The molecule has 1 aromatic rings. The Balaban J connectivity index is 2.19. The summed E-state index contributed by atoms with van der Waals surface area (Å²) in [5.74, 6) is 0.458. The zero-order chi connectivity index (χ0) is 14.1. The fourth-order valence-corrected chi connectivity index (χ4v) is 4.07. The van der Waals surface area contributed by atoms with Crippen molar-refractivity contribution in [1.29, 1.82) is 0 Å². The van der Waals surface area contributed by atoms with Crippen LogP contribution in [0.15, 0.2) is 24.3 Å². The predicted octanol–water partition coefficient (Wildman–Crippen LogP) is 4.44. The van der Waals surface area contributed by atoms with E-state index in [2.05, 4.69) is 19.9 Å². The van der Waals surface area contributed by atoms with Crippen LogP contribution in [0.1, 0.15) is 56.6 Å². The maximum Gasteiger partial charge on any atom is 0.236 e. The van der Waals surface area contributed by atoms with Crippen LogP contribution in [0.5, 0.6) is 0 Å². The molecule has 0 saturated heterocycles. The molecule has 0 amide bonds. The van der Waals surface area contributed by atoms with E-state index in [1.807, 2.05) is 18.2 Å². The number of hydrogen-bond acceptors (Lipinski definition) is 2. The summed E-state index contributed by atoms with van der Waals surface area (Å²) < 4.78 is 22.3. The minimum absolute atomic E-state index is 0.0848. The molecule has 0 aromatic heterocycles. The summed E-state index contributed by atoms with van der Waals surface area (Å²) in [6.07, 6.45) is 4.89. The maximum absolute atomic E-state index is 11.2. The summed E-state index contributed by atoms with van der Waals surface area (Å²) in [5, 5.41) is 0. The third-order valence-corrected chi connectivity index (χ3v) is 4.97. The van der Waals surface area contributed by atoms with E-state index in [0.717, 1.165) is 5.56 Å². The highest BCUT2D eigenvalue weighted by Crippen LogP contribution is 2.43. The molecule has 106 valence electrons. The zero-order valence-electron chi connectivity index (χ0n) is 11.5. The van der Waals surface area contributed by atoms with Crippen molar-refractivity contribution in [3.63, 3.8) is 0 Å². The monoisotopic (exact) mass is 300 g/mol. The Kier molecular flexibility index (Phi) is 4.26. The molecule has 0 radical (unpaired) electrons. The number of hydrogen-bond donors (Lipinski definition) is 0. The lowest BCUT2D eigenvalue weighted by Crippen LogP contribution is -2.21. The molecule has 0 bridgehead atoms. The summed E-state index contributed by atoms with van der Waals surface area (Å²) in [4.78, 5) is 0. The maximum atomic E-state index is 11.2. The second-order valence-corrected chi connectivity index (χ2v) is 9.16. The van der Waals surface area contributed by atoms with Crippen molar-refractivity contribution in [2.45, 2.75) is 51.2 Å². The Morgan fingerprint density at radius 1 is 1.37 bits per heavy atom. The van der Waals surface area contributed by atoms with E-state index in [0.29, 0.717) is 11.3 Å². The van der Waals surface area contributed by atoms with Gasteiger partial charge in [0.2, 0.25) is 9.05 Å². The van der Waals surface area contributed by atoms with Crippen LogP contribution in [0.25, 0.3) is 0 Å². The molecule has 0 aliphatic heterocycles. The third-order valence-electron chi connectivity index (χ3n) is 3.97. The van der Waals surface area contributed by atoms with E-state index >= 15 is 0 Å². The van der Waals surface area contributed by atoms with Crippen molar-refractivity contribution in [1.82, 2.24) is 0 Å². The predicted molar refractivity (Wildman–Crippen MR) is 79.9 cm³/mol. The molecule has 0 heterocycles. The number of benzene rings is 1. The van der Waals surface area contributed by atoms with Gasteiger partial charge in [-0.25, -0.2) is 8.42 Å². The van der Waals surface area contributed by atoms with Gasteiger partial charge in [-0.1, -0.05) is 44.5 Å². The van der Waals surface area contributed by atoms with Gasteiger partial charge in [0.1, 0.15) is 0 Å². The zero-order valence-corrected chi connectivity index (χ0v) is 13.1. The van der Waals surface area contributed by atoms with E-state index in [9.17, 15) is 8.42 Å². The lowest BCUT2D eigenvalue weighted by molar-refractivity contribution is 0.219. The van der Waals surface area contributed by atoms with Gasteiger partial charge < -0.3 is 0 Å². The summed E-state index contributed by atoms with van der Waals surface area (Å²) in [7, 11) is 1.85. The van der Waals surface area contributed by atoms with Crippen molar-refractivity contribution in [2.24, 2.45) is 5.41 Å². The van der Waals surface area contributed by atoms with Gasteiger partial charge in [-0.15, -0.1) is 0 Å². The lowest BCUT2D eigenvalue weighted by Gasteiger charge is -2.35. The van der Waals surface area contributed by atoms with E-state index in [4.69, 9.17) is 10.7 Å². The molecule has 1 unspecified atom stereocenters. The highest BCUT2D eigenvalue weighted by Gasteiger charge is 2.28. The van der Waals surface area contributed by atoms with Crippen LogP contribution < -0.4 is 0 Å². The second kappa shape index (κ2) is 5.45. The van der Waals surface area contributed by atoms with Gasteiger partial charge in [-0.05, 0) is 41.7 Å². The van der Waals surface area contributed by atoms with E-state index in [-0.39, 0.29) is 5.75 Å². The van der Waals surface area contributed by atoms with Crippen molar-refractivity contribution < 1.29 is 8.42 Å². The van der Waals surface area contributed by atoms with Gasteiger partial charge in [-0.2, -0.15) is 0 Å².